The van der Waals surface area contributed by atoms with Crippen molar-refractivity contribution in [2.75, 3.05) is 26.5 Å². The molecule has 0 atom stereocenters. The van der Waals surface area contributed by atoms with Gasteiger partial charge in [0, 0.05) is 5.69 Å². The van der Waals surface area contributed by atoms with Gasteiger partial charge in [0.25, 0.3) is 0 Å². The predicted octanol–water partition coefficient (Wildman–Crippen LogP) is 2.42. The maximum Gasteiger partial charge on any atom is 0.325 e. The van der Waals surface area contributed by atoms with Gasteiger partial charge in [0.05, 0.1) is 31.0 Å². The minimum Gasteiger partial charge on any atom is -0.497 e. The molecule has 140 valence electrons. The van der Waals surface area contributed by atoms with Gasteiger partial charge in [-0.2, -0.15) is 0 Å². The van der Waals surface area contributed by atoms with Gasteiger partial charge in [0.1, 0.15) is 12.3 Å². The smallest absolute Gasteiger partial charge is 0.325 e. The standard InChI is InChI=1S/C19H19N3O4S/c1-25-14-9-7-13(8-10-14)22-16-6-4-3-5-15(16)21-19(22)27-12-17(23)20-11-18(24)26-2/h3-10H,11-12H2,1-2H3,(H,20,23). The lowest BCUT2D eigenvalue weighted by Gasteiger charge is -2.10. The highest BCUT2D eigenvalue weighted by atomic mass is 32.2. The lowest BCUT2D eigenvalue weighted by molar-refractivity contribution is -0.140. The lowest BCUT2D eigenvalue weighted by atomic mass is 10.2. The molecule has 7 nitrogen and oxygen atoms in total. The topological polar surface area (TPSA) is 82.5 Å². The summed E-state index contributed by atoms with van der Waals surface area (Å²) in [6.07, 6.45) is 0. The van der Waals surface area contributed by atoms with Crippen molar-refractivity contribution in [3.63, 3.8) is 0 Å². The molecule has 8 heteroatoms. The Morgan fingerprint density at radius 1 is 1.11 bits per heavy atom. The summed E-state index contributed by atoms with van der Waals surface area (Å²) in [5.41, 5.74) is 2.70. The summed E-state index contributed by atoms with van der Waals surface area (Å²) in [5, 5.41) is 3.21. The average Bonchev–Trinajstić information content (AvgIpc) is 3.08. The van der Waals surface area contributed by atoms with E-state index in [0.717, 1.165) is 22.5 Å². The number of imidazole rings is 1. The summed E-state index contributed by atoms with van der Waals surface area (Å²) in [4.78, 5) is 27.8. The second kappa shape index (κ2) is 8.59. The number of thioether (sulfide) groups is 1. The number of rotatable bonds is 7. The van der Waals surface area contributed by atoms with Crippen LogP contribution in [-0.4, -0.2) is 47.9 Å². The fraction of sp³-hybridized carbons (Fsp3) is 0.211. The van der Waals surface area contributed by atoms with Gasteiger partial charge < -0.3 is 14.8 Å². The van der Waals surface area contributed by atoms with Gasteiger partial charge in [-0.3, -0.25) is 14.2 Å². The van der Waals surface area contributed by atoms with Gasteiger partial charge in [-0.05, 0) is 36.4 Å². The number of hydrogen-bond donors (Lipinski definition) is 1. The molecule has 0 saturated heterocycles. The van der Waals surface area contributed by atoms with Crippen LogP contribution in [-0.2, 0) is 14.3 Å². The Balaban J connectivity index is 1.84. The van der Waals surface area contributed by atoms with Crippen LogP contribution in [0.1, 0.15) is 0 Å². The van der Waals surface area contributed by atoms with E-state index in [9.17, 15) is 9.59 Å². The minimum atomic E-state index is -0.487. The van der Waals surface area contributed by atoms with Gasteiger partial charge in [-0.15, -0.1) is 0 Å². The number of benzene rings is 2. The van der Waals surface area contributed by atoms with Crippen LogP contribution in [0.3, 0.4) is 0 Å². The highest BCUT2D eigenvalue weighted by Crippen LogP contribution is 2.28. The first-order valence-corrected chi connectivity index (χ1v) is 9.19. The number of fused-ring (bicyclic) bond motifs is 1. The molecule has 0 aliphatic heterocycles. The van der Waals surface area contributed by atoms with Crippen LogP contribution in [0.25, 0.3) is 16.7 Å². The largest absolute Gasteiger partial charge is 0.497 e. The first kappa shape index (κ1) is 18.8. The third-order valence-electron chi connectivity index (χ3n) is 3.85. The number of esters is 1. The molecule has 27 heavy (non-hydrogen) atoms. The molecule has 0 aliphatic rings. The van der Waals surface area contributed by atoms with Crippen molar-refractivity contribution in [1.82, 2.24) is 14.9 Å². The molecule has 1 amide bonds. The summed E-state index contributed by atoms with van der Waals surface area (Å²) in [7, 11) is 2.90. The number of hydrogen-bond acceptors (Lipinski definition) is 6. The highest BCUT2D eigenvalue weighted by Gasteiger charge is 2.15. The zero-order valence-electron chi connectivity index (χ0n) is 15.0. The third-order valence-corrected chi connectivity index (χ3v) is 4.79. The Morgan fingerprint density at radius 2 is 1.85 bits per heavy atom. The molecule has 3 aromatic rings. The Hall–Kier alpha value is -3.00. The molecule has 1 N–H and O–H groups in total. The number of nitrogens with one attached hydrogen (secondary N) is 1. The summed E-state index contributed by atoms with van der Waals surface area (Å²) < 4.78 is 11.7. The van der Waals surface area contributed by atoms with Gasteiger partial charge >= 0.3 is 5.97 Å². The van der Waals surface area contributed by atoms with Gasteiger partial charge in [0.2, 0.25) is 5.91 Å². The van der Waals surface area contributed by atoms with Crippen molar-refractivity contribution in [2.24, 2.45) is 0 Å². The van der Waals surface area contributed by atoms with E-state index in [1.165, 1.54) is 18.9 Å². The summed E-state index contributed by atoms with van der Waals surface area (Å²) in [5.74, 6) is 0.147. The molecule has 0 unspecified atom stereocenters. The zero-order chi connectivity index (χ0) is 19.2. The van der Waals surface area contributed by atoms with Crippen LogP contribution in [0.4, 0.5) is 0 Å². The predicted molar refractivity (Wildman–Crippen MR) is 103 cm³/mol. The number of carbonyl (C=O) groups is 2. The van der Waals surface area contributed by atoms with Crippen molar-refractivity contribution in [2.45, 2.75) is 5.16 Å². The number of nitrogens with zero attached hydrogens (tertiary/aromatic N) is 2. The molecule has 3 rings (SSSR count). The van der Waals surface area contributed by atoms with Gasteiger partial charge in [-0.25, -0.2) is 4.98 Å². The molecule has 0 aliphatic carbocycles. The van der Waals surface area contributed by atoms with Crippen LogP contribution < -0.4 is 10.1 Å². The number of methoxy groups -OCH3 is 2. The number of aromatic nitrogens is 2. The average molecular weight is 385 g/mol. The maximum atomic E-state index is 12.0. The molecular weight excluding hydrogens is 366 g/mol. The molecule has 1 heterocycles. The molecular formula is C19H19N3O4S. The molecule has 0 saturated carbocycles. The van der Waals surface area contributed by atoms with E-state index in [-0.39, 0.29) is 18.2 Å². The van der Waals surface area contributed by atoms with E-state index in [1.54, 1.807) is 7.11 Å². The van der Waals surface area contributed by atoms with E-state index < -0.39 is 5.97 Å². The van der Waals surface area contributed by atoms with Crippen molar-refractivity contribution >= 4 is 34.7 Å². The van der Waals surface area contributed by atoms with Crippen molar-refractivity contribution in [3.05, 3.63) is 48.5 Å². The second-order valence-corrected chi connectivity index (χ2v) is 6.50. The molecule has 0 fully saturated rings. The maximum absolute atomic E-state index is 12.0. The highest BCUT2D eigenvalue weighted by molar-refractivity contribution is 7.99. The zero-order valence-corrected chi connectivity index (χ0v) is 15.8. The lowest BCUT2D eigenvalue weighted by Crippen LogP contribution is -2.31. The van der Waals surface area contributed by atoms with Crippen molar-refractivity contribution in [3.8, 4) is 11.4 Å². The summed E-state index contributed by atoms with van der Waals surface area (Å²) in [6, 6.07) is 15.4. The minimum absolute atomic E-state index is 0.135. The van der Waals surface area contributed by atoms with E-state index in [4.69, 9.17) is 4.74 Å². The Morgan fingerprint density at radius 3 is 2.56 bits per heavy atom. The third kappa shape index (κ3) is 4.40. The fourth-order valence-electron chi connectivity index (χ4n) is 2.51. The van der Waals surface area contributed by atoms with Crippen LogP contribution >= 0.6 is 11.8 Å². The van der Waals surface area contributed by atoms with E-state index in [1.807, 2.05) is 53.1 Å². The summed E-state index contributed by atoms with van der Waals surface area (Å²) in [6.45, 7) is -0.148. The van der Waals surface area contributed by atoms with Crippen LogP contribution in [0.2, 0.25) is 0 Å². The molecule has 1 aromatic heterocycles. The van der Waals surface area contributed by atoms with Gasteiger partial charge in [0.15, 0.2) is 5.16 Å². The second-order valence-electron chi connectivity index (χ2n) is 5.56. The normalized spacial score (nSPS) is 10.6. The van der Waals surface area contributed by atoms with Crippen LogP contribution in [0.5, 0.6) is 5.75 Å². The number of para-hydroxylation sites is 2. The molecule has 0 spiro atoms. The SMILES string of the molecule is COC(=O)CNC(=O)CSc1nc2ccccc2n1-c1ccc(OC)cc1. The van der Waals surface area contributed by atoms with Crippen LogP contribution in [0, 0.1) is 0 Å². The van der Waals surface area contributed by atoms with E-state index in [0.29, 0.717) is 5.16 Å². The first-order chi connectivity index (χ1) is 13.1. The Kier molecular flexibility index (Phi) is 5.97. The van der Waals surface area contributed by atoms with Gasteiger partial charge in [-0.1, -0.05) is 23.9 Å². The fourth-order valence-corrected chi connectivity index (χ4v) is 3.36. The number of amides is 1. The van der Waals surface area contributed by atoms with Crippen LogP contribution in [0.15, 0.2) is 53.7 Å². The molecule has 2 aromatic carbocycles. The van der Waals surface area contributed by atoms with E-state index in [2.05, 4.69) is 15.0 Å². The molecule has 0 bridgehead atoms. The number of carbonyl (C=O) groups excluding carboxylic acids is 2. The van der Waals surface area contributed by atoms with Crippen molar-refractivity contribution in [1.29, 1.82) is 0 Å². The monoisotopic (exact) mass is 385 g/mol. The first-order valence-electron chi connectivity index (χ1n) is 8.20. The Bertz CT molecular complexity index is 953. The Labute approximate surface area is 160 Å². The molecule has 0 radical (unpaired) electrons. The van der Waals surface area contributed by atoms with Crippen molar-refractivity contribution < 1.29 is 19.1 Å². The summed E-state index contributed by atoms with van der Waals surface area (Å²) >= 11 is 1.30. The quantitative estimate of drug-likeness (QED) is 0.497. The number of ether oxygens (including phenoxy) is 2. The van der Waals surface area contributed by atoms with E-state index >= 15 is 0 Å².